The van der Waals surface area contributed by atoms with Crippen LogP contribution in [0.4, 0.5) is 0 Å². The third kappa shape index (κ3) is 4.61. The van der Waals surface area contributed by atoms with Gasteiger partial charge in [-0.3, -0.25) is 19.1 Å². The van der Waals surface area contributed by atoms with Crippen LogP contribution in [0.15, 0.2) is 33.5 Å². The molecule has 2 aliphatic rings. The molecule has 190 valence electrons. The number of carbonyl (C=O) groups excluding carboxylic acids is 1. The predicted molar refractivity (Wildman–Crippen MR) is 133 cm³/mol. The van der Waals surface area contributed by atoms with Crippen molar-refractivity contribution >= 4 is 23.4 Å². The monoisotopic (exact) mass is 510 g/mol. The minimum Gasteiger partial charge on any atom is -0.414 e. The maximum Gasteiger partial charge on any atom is 0.335 e. The van der Waals surface area contributed by atoms with E-state index in [0.717, 1.165) is 0 Å². The Kier molecular flexibility index (Phi) is 8.05. The third-order valence-corrected chi connectivity index (χ3v) is 17.2. The summed E-state index contributed by atoms with van der Waals surface area (Å²) in [5.41, 5.74) is -0.0390. The first-order chi connectivity index (χ1) is 15.9. The molecule has 0 radical (unpaired) electrons. The van der Waals surface area contributed by atoms with Crippen LogP contribution in [0.3, 0.4) is 0 Å². The number of aromatic amines is 1. The van der Waals surface area contributed by atoms with Gasteiger partial charge in [0.25, 0.3) is 5.56 Å². The lowest BCUT2D eigenvalue weighted by molar-refractivity contribution is -0.104. The number of hydrogen-bond donors (Lipinski definition) is 1. The molecule has 3 atom stereocenters. The summed E-state index contributed by atoms with van der Waals surface area (Å²) in [6.45, 7) is 17.2. The molecule has 3 rings (SSSR count). The first kappa shape index (κ1) is 27.0. The standard InChI is InChI=1S/C23H38N2O7Si2/c1-14(2)33(15(3)4)29-13-19-21(31-34(32-33,16(5)6)17(7)8)18(10-12-26)22(30-19)25-11-9-20(27)24-23(25)28/h9-12,14-17,19,21-22H,13H2,1-8H3,(H,24,27,28)/b18-10-/t19-,21-,22-/m0/s1. The molecule has 34 heavy (non-hydrogen) atoms. The summed E-state index contributed by atoms with van der Waals surface area (Å²) in [6, 6.07) is 1.25. The molecule has 0 amide bonds. The van der Waals surface area contributed by atoms with E-state index >= 15 is 0 Å². The Labute approximate surface area is 203 Å². The smallest absolute Gasteiger partial charge is 0.335 e. The number of carbonyl (C=O) groups is 1. The molecule has 0 bridgehead atoms. The fraction of sp³-hybridized carbons (Fsp3) is 0.696. The number of nitrogens with zero attached hydrogens (tertiary/aromatic N) is 1. The molecule has 0 aliphatic carbocycles. The Morgan fingerprint density at radius 1 is 1.00 bits per heavy atom. The fourth-order valence-corrected chi connectivity index (χ4v) is 16.3. The molecule has 3 heterocycles. The molecule has 11 heteroatoms. The van der Waals surface area contributed by atoms with Crippen molar-refractivity contribution in [2.75, 3.05) is 6.61 Å². The summed E-state index contributed by atoms with van der Waals surface area (Å²) in [5.74, 6) is 0. The molecule has 2 aliphatic heterocycles. The molecule has 0 saturated carbocycles. The van der Waals surface area contributed by atoms with Gasteiger partial charge in [-0.25, -0.2) is 4.79 Å². The highest BCUT2D eigenvalue weighted by molar-refractivity contribution is 6.84. The van der Waals surface area contributed by atoms with E-state index in [1.54, 1.807) is 0 Å². The van der Waals surface area contributed by atoms with Crippen molar-refractivity contribution in [1.29, 1.82) is 0 Å². The van der Waals surface area contributed by atoms with E-state index in [0.29, 0.717) is 11.9 Å². The van der Waals surface area contributed by atoms with Gasteiger partial charge >= 0.3 is 22.8 Å². The lowest BCUT2D eigenvalue weighted by atomic mass is 10.1. The lowest BCUT2D eigenvalue weighted by Crippen LogP contribution is -2.65. The van der Waals surface area contributed by atoms with Gasteiger partial charge in [-0.1, -0.05) is 55.4 Å². The number of aldehydes is 1. The van der Waals surface area contributed by atoms with Gasteiger partial charge in [-0.2, -0.15) is 0 Å². The maximum absolute atomic E-state index is 12.6. The summed E-state index contributed by atoms with van der Waals surface area (Å²) in [4.78, 5) is 38.1. The molecule has 9 nitrogen and oxygen atoms in total. The van der Waals surface area contributed by atoms with Crippen molar-refractivity contribution < 1.29 is 22.5 Å². The Morgan fingerprint density at radius 3 is 2.09 bits per heavy atom. The highest BCUT2D eigenvalue weighted by atomic mass is 28.5. The number of fused-ring (bicyclic) bond motifs is 1. The van der Waals surface area contributed by atoms with Crippen LogP contribution in [0.25, 0.3) is 0 Å². The van der Waals surface area contributed by atoms with Crippen molar-refractivity contribution in [3.05, 3.63) is 44.8 Å². The van der Waals surface area contributed by atoms with E-state index in [9.17, 15) is 14.4 Å². The van der Waals surface area contributed by atoms with Crippen LogP contribution in [0.5, 0.6) is 0 Å². The SMILES string of the molecule is CC(C)[Si]1(C(C)C)OC[C@@H]2O[C@H](n3ccc(=O)[nH]c3=O)/C(=C\C=O)[C@@H]2O[Si](C(C)C)(C(C)C)O1. The van der Waals surface area contributed by atoms with Gasteiger partial charge in [0.15, 0.2) is 6.23 Å². The molecular weight excluding hydrogens is 472 g/mol. The van der Waals surface area contributed by atoms with Crippen molar-refractivity contribution in [3.63, 3.8) is 0 Å². The zero-order valence-electron chi connectivity index (χ0n) is 21.4. The molecule has 1 N–H and O–H groups in total. The van der Waals surface area contributed by atoms with Gasteiger partial charge in [-0.15, -0.1) is 0 Å². The van der Waals surface area contributed by atoms with Crippen molar-refractivity contribution in [3.8, 4) is 0 Å². The normalized spacial score (nSPS) is 27.9. The van der Waals surface area contributed by atoms with Crippen LogP contribution < -0.4 is 11.2 Å². The average molecular weight is 511 g/mol. The Bertz CT molecular complexity index is 1010. The fourth-order valence-electron chi connectivity index (χ4n) is 5.16. The van der Waals surface area contributed by atoms with Crippen molar-refractivity contribution in [1.82, 2.24) is 9.55 Å². The average Bonchev–Trinajstić information content (AvgIpc) is 3.04. The zero-order valence-corrected chi connectivity index (χ0v) is 23.4. The van der Waals surface area contributed by atoms with Crippen LogP contribution in [-0.4, -0.2) is 51.8 Å². The van der Waals surface area contributed by atoms with E-state index < -0.39 is 46.8 Å². The molecular formula is C23H38N2O7Si2. The largest absolute Gasteiger partial charge is 0.414 e. The minimum atomic E-state index is -2.94. The van der Waals surface area contributed by atoms with Gasteiger partial charge in [0.2, 0.25) is 0 Å². The summed E-state index contributed by atoms with van der Waals surface area (Å²) in [7, 11) is -5.69. The molecule has 1 aromatic rings. The van der Waals surface area contributed by atoms with Gasteiger partial charge in [0, 0.05) is 17.8 Å². The number of ether oxygens (including phenoxy) is 1. The Morgan fingerprint density at radius 2 is 1.59 bits per heavy atom. The first-order valence-electron chi connectivity index (χ1n) is 12.0. The van der Waals surface area contributed by atoms with Crippen LogP contribution >= 0.6 is 0 Å². The molecule has 0 aromatic carbocycles. The predicted octanol–water partition coefficient (Wildman–Crippen LogP) is 3.52. The number of allylic oxidation sites excluding steroid dienone is 1. The van der Waals surface area contributed by atoms with E-state index in [1.165, 1.54) is 22.9 Å². The second-order valence-electron chi connectivity index (χ2n) is 10.4. The number of hydrogen-bond acceptors (Lipinski definition) is 7. The number of nitrogens with one attached hydrogen (secondary N) is 1. The van der Waals surface area contributed by atoms with Crippen molar-refractivity contribution in [2.45, 2.75) is 96.0 Å². The molecule has 1 aromatic heterocycles. The molecule has 0 spiro atoms. The quantitative estimate of drug-likeness (QED) is 0.354. The topological polar surface area (TPSA) is 109 Å². The van der Waals surface area contributed by atoms with E-state index in [2.05, 4.69) is 60.4 Å². The van der Waals surface area contributed by atoms with Gasteiger partial charge < -0.3 is 17.7 Å². The second kappa shape index (κ2) is 10.2. The summed E-state index contributed by atoms with van der Waals surface area (Å²) < 4.78 is 28.5. The minimum absolute atomic E-state index is 0.103. The van der Waals surface area contributed by atoms with E-state index in [4.69, 9.17) is 17.7 Å². The van der Waals surface area contributed by atoms with Crippen LogP contribution in [-0.2, 0) is 22.5 Å². The number of H-pyrrole nitrogens is 1. The zero-order chi connectivity index (χ0) is 25.4. The summed E-state index contributed by atoms with van der Waals surface area (Å²) in [6.07, 6.45) is 1.39. The van der Waals surface area contributed by atoms with Crippen molar-refractivity contribution in [2.24, 2.45) is 0 Å². The summed E-state index contributed by atoms with van der Waals surface area (Å²) >= 11 is 0. The molecule has 2 saturated heterocycles. The first-order valence-corrected chi connectivity index (χ1v) is 16.0. The van der Waals surface area contributed by atoms with Gasteiger partial charge in [0.1, 0.15) is 18.5 Å². The van der Waals surface area contributed by atoms with Crippen LogP contribution in [0, 0.1) is 0 Å². The van der Waals surface area contributed by atoms with Crippen LogP contribution in [0.1, 0.15) is 61.6 Å². The Hall–Kier alpha value is -1.64. The summed E-state index contributed by atoms with van der Waals surface area (Å²) in [5, 5.41) is 0. The molecule has 2 fully saturated rings. The lowest BCUT2D eigenvalue weighted by Gasteiger charge is -2.51. The van der Waals surface area contributed by atoms with E-state index in [1.807, 2.05) is 0 Å². The van der Waals surface area contributed by atoms with Crippen LogP contribution in [0.2, 0.25) is 22.2 Å². The molecule has 0 unspecified atom stereocenters. The number of rotatable bonds is 6. The highest BCUT2D eigenvalue weighted by Gasteiger charge is 2.60. The Balaban J connectivity index is 2.18. The number of aromatic nitrogens is 2. The maximum atomic E-state index is 12.6. The van der Waals surface area contributed by atoms with Gasteiger partial charge in [-0.05, 0) is 28.2 Å². The van der Waals surface area contributed by atoms with Gasteiger partial charge in [0.05, 0.1) is 6.61 Å². The third-order valence-electron chi connectivity index (χ3n) is 6.94. The second-order valence-corrected chi connectivity index (χ2v) is 19.2. The van der Waals surface area contributed by atoms with E-state index in [-0.39, 0.29) is 28.8 Å². The highest BCUT2D eigenvalue weighted by Crippen LogP contribution is 2.49.